The molecule has 1 N–H and O–H groups in total. The summed E-state index contributed by atoms with van der Waals surface area (Å²) in [5.41, 5.74) is 2.30. The normalized spacial score (nSPS) is 11.8. The van der Waals surface area contributed by atoms with Crippen LogP contribution in [0.25, 0.3) is 5.69 Å². The molecule has 0 bridgehead atoms. The first kappa shape index (κ1) is 19.4. The molecule has 1 aromatic heterocycles. The van der Waals surface area contributed by atoms with Crippen LogP contribution in [-0.2, 0) is 4.79 Å². The first-order valence-electron chi connectivity index (χ1n) is 8.33. The highest BCUT2D eigenvalue weighted by Crippen LogP contribution is 2.25. The van der Waals surface area contributed by atoms with Gasteiger partial charge in [0.2, 0.25) is 5.91 Å². The Hall–Kier alpha value is -2.38. The molecule has 0 aliphatic rings. The third kappa shape index (κ3) is 4.87. The number of aromatic nitrogens is 2. The van der Waals surface area contributed by atoms with Gasteiger partial charge in [0.05, 0.1) is 16.6 Å². The van der Waals surface area contributed by atoms with E-state index in [0.717, 1.165) is 10.0 Å². The number of para-hydroxylation sites is 1. The summed E-state index contributed by atoms with van der Waals surface area (Å²) in [6, 6.07) is 18.1. The number of halogens is 1. The number of benzene rings is 2. The van der Waals surface area contributed by atoms with E-state index < -0.39 is 0 Å². The van der Waals surface area contributed by atoms with Crippen LogP contribution in [0.15, 0.2) is 75.0 Å². The van der Waals surface area contributed by atoms with Gasteiger partial charge in [-0.2, -0.15) is 9.78 Å². The topological polar surface area (TPSA) is 64.0 Å². The molecule has 138 valence electrons. The summed E-state index contributed by atoms with van der Waals surface area (Å²) in [5.74, 6) is -0.137. The van der Waals surface area contributed by atoms with Crippen molar-refractivity contribution in [2.45, 2.75) is 24.1 Å². The van der Waals surface area contributed by atoms with E-state index >= 15 is 0 Å². The van der Waals surface area contributed by atoms with E-state index in [4.69, 9.17) is 0 Å². The van der Waals surface area contributed by atoms with Crippen LogP contribution in [0, 0.1) is 6.92 Å². The monoisotopic (exact) mass is 443 g/mol. The first-order valence-corrected chi connectivity index (χ1v) is 10.0. The van der Waals surface area contributed by atoms with Crippen molar-refractivity contribution in [1.82, 2.24) is 9.78 Å². The molecule has 2 aromatic carbocycles. The van der Waals surface area contributed by atoms with Gasteiger partial charge in [0.25, 0.3) is 5.56 Å². The number of carbonyl (C=O) groups is 1. The Morgan fingerprint density at radius 3 is 2.52 bits per heavy atom. The second kappa shape index (κ2) is 8.54. The van der Waals surface area contributed by atoms with Crippen LogP contribution in [0.3, 0.4) is 0 Å². The largest absolute Gasteiger partial charge is 0.324 e. The number of hydrogen-bond donors (Lipinski definition) is 1. The van der Waals surface area contributed by atoms with E-state index in [9.17, 15) is 9.59 Å². The fraction of sp³-hybridized carbons (Fsp3) is 0.150. The van der Waals surface area contributed by atoms with Crippen molar-refractivity contribution in [3.8, 4) is 5.69 Å². The number of hydrogen-bond acceptors (Lipinski definition) is 4. The Bertz CT molecular complexity index is 1020. The third-order valence-corrected chi connectivity index (χ3v) is 5.57. The summed E-state index contributed by atoms with van der Waals surface area (Å²) in [7, 11) is 0. The van der Waals surface area contributed by atoms with Crippen LogP contribution in [0.1, 0.15) is 12.5 Å². The maximum absolute atomic E-state index is 12.5. The molecule has 1 heterocycles. The van der Waals surface area contributed by atoms with E-state index in [-0.39, 0.29) is 16.7 Å². The van der Waals surface area contributed by atoms with Gasteiger partial charge in [-0.25, -0.2) is 0 Å². The molecule has 3 aromatic rings. The van der Waals surface area contributed by atoms with Crippen molar-refractivity contribution in [2.75, 3.05) is 5.32 Å². The highest BCUT2D eigenvalue weighted by molar-refractivity contribution is 9.10. The predicted molar refractivity (Wildman–Crippen MR) is 113 cm³/mol. The molecule has 7 heteroatoms. The van der Waals surface area contributed by atoms with Crippen molar-refractivity contribution in [3.05, 3.63) is 81.1 Å². The number of anilines is 1. The molecule has 0 radical (unpaired) electrons. The van der Waals surface area contributed by atoms with E-state index in [1.165, 1.54) is 22.5 Å². The van der Waals surface area contributed by atoms with Crippen molar-refractivity contribution < 1.29 is 4.79 Å². The van der Waals surface area contributed by atoms with Gasteiger partial charge in [-0.1, -0.05) is 41.6 Å². The maximum Gasteiger partial charge on any atom is 0.271 e. The van der Waals surface area contributed by atoms with Crippen molar-refractivity contribution in [3.63, 3.8) is 0 Å². The Labute approximate surface area is 169 Å². The molecule has 0 saturated carbocycles. The zero-order valence-electron chi connectivity index (χ0n) is 14.8. The lowest BCUT2D eigenvalue weighted by Crippen LogP contribution is -2.24. The molecule has 3 rings (SSSR count). The Morgan fingerprint density at radius 2 is 1.81 bits per heavy atom. The van der Waals surface area contributed by atoms with Crippen LogP contribution >= 0.6 is 27.7 Å². The van der Waals surface area contributed by atoms with Gasteiger partial charge in [-0.05, 0) is 60.1 Å². The highest BCUT2D eigenvalue weighted by Gasteiger charge is 2.17. The molecule has 27 heavy (non-hydrogen) atoms. The predicted octanol–water partition coefficient (Wildman–Crippen LogP) is 4.42. The number of thioether (sulfide) groups is 1. The minimum Gasteiger partial charge on any atom is -0.324 e. The number of nitrogens with one attached hydrogen (secondary N) is 1. The van der Waals surface area contributed by atoms with Gasteiger partial charge in [0, 0.05) is 10.5 Å². The van der Waals surface area contributed by atoms with Crippen molar-refractivity contribution >= 4 is 39.3 Å². The van der Waals surface area contributed by atoms with Gasteiger partial charge in [-0.3, -0.25) is 9.59 Å². The number of amides is 1. The van der Waals surface area contributed by atoms with Gasteiger partial charge in [0.15, 0.2) is 0 Å². The Morgan fingerprint density at radius 1 is 1.11 bits per heavy atom. The molecule has 0 spiro atoms. The number of aryl methyl sites for hydroxylation is 1. The fourth-order valence-corrected chi connectivity index (χ4v) is 3.55. The Kier molecular flexibility index (Phi) is 6.13. The number of carbonyl (C=O) groups excluding carboxylic acids is 1. The first-order chi connectivity index (χ1) is 12.9. The number of rotatable bonds is 5. The molecule has 0 saturated heterocycles. The van der Waals surface area contributed by atoms with E-state index in [1.54, 1.807) is 13.0 Å². The summed E-state index contributed by atoms with van der Waals surface area (Å²) in [4.78, 5) is 24.6. The summed E-state index contributed by atoms with van der Waals surface area (Å²) >= 11 is 4.72. The molecular weight excluding hydrogens is 426 g/mol. The van der Waals surface area contributed by atoms with Gasteiger partial charge >= 0.3 is 0 Å². The summed E-state index contributed by atoms with van der Waals surface area (Å²) in [5, 5.41) is 7.51. The second-order valence-corrected chi connectivity index (χ2v) is 8.20. The summed E-state index contributed by atoms with van der Waals surface area (Å²) in [6.07, 6.45) is 0. The zero-order chi connectivity index (χ0) is 19.4. The standard InChI is InChI=1S/C20H18BrN3O2S/c1-13-7-9-15(10-8-13)24-19(25)12-11-18(23-24)27-14(2)20(26)22-17-6-4-3-5-16(17)21/h3-12,14H,1-2H3,(H,22,26). The smallest absolute Gasteiger partial charge is 0.271 e. The van der Waals surface area contributed by atoms with Gasteiger partial charge in [0.1, 0.15) is 5.03 Å². The molecule has 1 unspecified atom stereocenters. The van der Waals surface area contributed by atoms with Crippen LogP contribution in [0.5, 0.6) is 0 Å². The maximum atomic E-state index is 12.5. The quantitative estimate of drug-likeness (QED) is 0.592. The minimum absolute atomic E-state index is 0.137. The lowest BCUT2D eigenvalue weighted by Gasteiger charge is -2.13. The molecular formula is C20H18BrN3O2S. The van der Waals surface area contributed by atoms with Crippen LogP contribution in [0.2, 0.25) is 0 Å². The van der Waals surface area contributed by atoms with Gasteiger partial charge in [-0.15, -0.1) is 0 Å². The second-order valence-electron chi connectivity index (χ2n) is 5.99. The van der Waals surface area contributed by atoms with Crippen LogP contribution in [0.4, 0.5) is 5.69 Å². The zero-order valence-corrected chi connectivity index (χ0v) is 17.3. The lowest BCUT2D eigenvalue weighted by molar-refractivity contribution is -0.115. The average molecular weight is 444 g/mol. The molecule has 1 amide bonds. The minimum atomic E-state index is -0.381. The molecule has 0 aliphatic heterocycles. The fourth-order valence-electron chi connectivity index (χ4n) is 2.36. The van der Waals surface area contributed by atoms with E-state index in [0.29, 0.717) is 16.4 Å². The third-order valence-electron chi connectivity index (χ3n) is 3.85. The molecule has 0 fully saturated rings. The summed E-state index contributed by atoms with van der Waals surface area (Å²) < 4.78 is 2.17. The van der Waals surface area contributed by atoms with Crippen molar-refractivity contribution in [1.29, 1.82) is 0 Å². The van der Waals surface area contributed by atoms with E-state index in [2.05, 4.69) is 26.3 Å². The summed E-state index contributed by atoms with van der Waals surface area (Å²) in [6.45, 7) is 3.79. The number of nitrogens with zero attached hydrogens (tertiary/aromatic N) is 2. The molecule has 1 atom stereocenters. The lowest BCUT2D eigenvalue weighted by atomic mass is 10.2. The SMILES string of the molecule is Cc1ccc(-n2nc(SC(C)C(=O)Nc3ccccc3Br)ccc2=O)cc1. The Balaban J connectivity index is 1.76. The van der Waals surface area contributed by atoms with Crippen LogP contribution < -0.4 is 10.9 Å². The molecule has 0 aliphatic carbocycles. The van der Waals surface area contributed by atoms with Crippen LogP contribution in [-0.4, -0.2) is 20.9 Å². The average Bonchev–Trinajstić information content (AvgIpc) is 2.66. The van der Waals surface area contributed by atoms with Gasteiger partial charge < -0.3 is 5.32 Å². The molecule has 5 nitrogen and oxygen atoms in total. The highest BCUT2D eigenvalue weighted by atomic mass is 79.9. The van der Waals surface area contributed by atoms with Crippen molar-refractivity contribution in [2.24, 2.45) is 0 Å². The van der Waals surface area contributed by atoms with E-state index in [1.807, 2.05) is 55.5 Å².